The standard InChI is InChI=1S/C10H9F3O2/c1-9(8(14)15,10(11,12)13)7-5-3-2-4-6-7/h2-6H,1H3,(H,14,15)/t9-/m0/s1. The molecule has 5 heteroatoms. The van der Waals surface area contributed by atoms with Gasteiger partial charge in [-0.15, -0.1) is 0 Å². The Bertz CT molecular complexity index is 359. The Balaban J connectivity index is 3.32. The monoisotopic (exact) mass is 218 g/mol. The minimum atomic E-state index is -4.82. The molecule has 0 radical (unpaired) electrons. The molecule has 2 nitrogen and oxygen atoms in total. The number of halogens is 3. The fourth-order valence-electron chi connectivity index (χ4n) is 1.18. The number of carboxylic acids is 1. The Labute approximate surface area is 84.3 Å². The Hall–Kier alpha value is -1.52. The summed E-state index contributed by atoms with van der Waals surface area (Å²) in [7, 11) is 0. The van der Waals surface area contributed by atoms with Crippen molar-refractivity contribution < 1.29 is 23.1 Å². The van der Waals surface area contributed by atoms with Gasteiger partial charge < -0.3 is 5.11 Å². The van der Waals surface area contributed by atoms with Gasteiger partial charge in [-0.3, -0.25) is 4.79 Å². The van der Waals surface area contributed by atoms with Crippen LogP contribution < -0.4 is 0 Å². The molecule has 1 aromatic carbocycles. The predicted molar refractivity (Wildman–Crippen MR) is 47.5 cm³/mol. The van der Waals surface area contributed by atoms with E-state index in [9.17, 15) is 18.0 Å². The molecule has 1 rings (SSSR count). The van der Waals surface area contributed by atoms with E-state index in [1.807, 2.05) is 0 Å². The Morgan fingerprint density at radius 1 is 1.20 bits per heavy atom. The van der Waals surface area contributed by atoms with Crippen LogP contribution in [-0.4, -0.2) is 17.3 Å². The van der Waals surface area contributed by atoms with Crippen molar-refractivity contribution in [2.45, 2.75) is 18.5 Å². The summed E-state index contributed by atoms with van der Waals surface area (Å²) in [5.74, 6) is -1.90. The molecule has 1 N–H and O–H groups in total. The molecule has 0 amide bonds. The molecule has 0 aliphatic rings. The van der Waals surface area contributed by atoms with E-state index in [1.165, 1.54) is 18.2 Å². The number of hydrogen-bond acceptors (Lipinski definition) is 1. The minimum Gasteiger partial charge on any atom is -0.480 e. The van der Waals surface area contributed by atoms with Gasteiger partial charge >= 0.3 is 12.1 Å². The largest absolute Gasteiger partial charge is 0.480 e. The highest BCUT2D eigenvalue weighted by atomic mass is 19.4. The van der Waals surface area contributed by atoms with Crippen LogP contribution in [0.2, 0.25) is 0 Å². The molecule has 0 aliphatic heterocycles. The number of rotatable bonds is 2. The Kier molecular flexibility index (Phi) is 2.75. The van der Waals surface area contributed by atoms with Crippen molar-refractivity contribution in [3.05, 3.63) is 35.9 Å². The molecule has 0 saturated carbocycles. The maximum absolute atomic E-state index is 12.7. The van der Waals surface area contributed by atoms with Gasteiger partial charge in [0.25, 0.3) is 0 Å². The first kappa shape index (κ1) is 11.6. The Morgan fingerprint density at radius 2 is 1.67 bits per heavy atom. The van der Waals surface area contributed by atoms with Gasteiger partial charge in [-0.25, -0.2) is 0 Å². The van der Waals surface area contributed by atoms with Gasteiger partial charge in [0.2, 0.25) is 0 Å². The smallest absolute Gasteiger partial charge is 0.408 e. The minimum absolute atomic E-state index is 0.273. The molecule has 0 saturated heterocycles. The second-order valence-corrected chi connectivity index (χ2v) is 3.29. The first-order valence-electron chi connectivity index (χ1n) is 4.16. The summed E-state index contributed by atoms with van der Waals surface area (Å²) < 4.78 is 38.0. The van der Waals surface area contributed by atoms with Crippen molar-refractivity contribution >= 4 is 5.97 Å². The van der Waals surface area contributed by atoms with E-state index in [-0.39, 0.29) is 5.56 Å². The van der Waals surface area contributed by atoms with Crippen molar-refractivity contribution in [1.82, 2.24) is 0 Å². The summed E-state index contributed by atoms with van der Waals surface area (Å²) in [6, 6.07) is 6.59. The van der Waals surface area contributed by atoms with Gasteiger partial charge in [0.1, 0.15) is 0 Å². The maximum Gasteiger partial charge on any atom is 0.408 e. The summed E-state index contributed by atoms with van der Waals surface area (Å²) in [4.78, 5) is 10.7. The number of carbonyl (C=O) groups is 1. The fraction of sp³-hybridized carbons (Fsp3) is 0.300. The molecule has 0 bridgehead atoms. The quantitative estimate of drug-likeness (QED) is 0.828. The van der Waals surface area contributed by atoms with Crippen LogP contribution in [0.4, 0.5) is 13.2 Å². The van der Waals surface area contributed by atoms with Crippen LogP contribution in [0.5, 0.6) is 0 Å². The summed E-state index contributed by atoms with van der Waals surface area (Å²) in [5, 5.41) is 8.70. The van der Waals surface area contributed by atoms with Crippen LogP contribution in [0, 0.1) is 0 Å². The second-order valence-electron chi connectivity index (χ2n) is 3.29. The molecule has 0 unspecified atom stereocenters. The molecule has 15 heavy (non-hydrogen) atoms. The van der Waals surface area contributed by atoms with E-state index < -0.39 is 17.6 Å². The highest BCUT2D eigenvalue weighted by molar-refractivity contribution is 5.82. The summed E-state index contributed by atoms with van der Waals surface area (Å²) in [6.07, 6.45) is -4.82. The average molecular weight is 218 g/mol. The van der Waals surface area contributed by atoms with Gasteiger partial charge in [-0.2, -0.15) is 13.2 Å². The lowest BCUT2D eigenvalue weighted by Gasteiger charge is -2.27. The van der Waals surface area contributed by atoms with Crippen molar-refractivity contribution in [2.75, 3.05) is 0 Å². The average Bonchev–Trinajstić information content (AvgIpc) is 2.16. The number of aliphatic carboxylic acids is 1. The molecular formula is C10H9F3O2. The highest BCUT2D eigenvalue weighted by Crippen LogP contribution is 2.40. The van der Waals surface area contributed by atoms with E-state index in [1.54, 1.807) is 0 Å². The lowest BCUT2D eigenvalue weighted by atomic mass is 9.82. The lowest BCUT2D eigenvalue weighted by molar-refractivity contribution is -0.201. The third-order valence-corrected chi connectivity index (χ3v) is 2.35. The highest BCUT2D eigenvalue weighted by Gasteiger charge is 2.58. The van der Waals surface area contributed by atoms with E-state index in [0.29, 0.717) is 6.92 Å². The topological polar surface area (TPSA) is 37.3 Å². The zero-order valence-electron chi connectivity index (χ0n) is 7.88. The van der Waals surface area contributed by atoms with Crippen LogP contribution >= 0.6 is 0 Å². The van der Waals surface area contributed by atoms with Crippen molar-refractivity contribution in [3.63, 3.8) is 0 Å². The predicted octanol–water partition coefficient (Wildman–Crippen LogP) is 2.59. The molecule has 0 spiro atoms. The lowest BCUT2D eigenvalue weighted by Crippen LogP contribution is -2.46. The number of hydrogen-bond donors (Lipinski definition) is 1. The van der Waals surface area contributed by atoms with Gasteiger partial charge in [-0.05, 0) is 12.5 Å². The third kappa shape index (κ3) is 1.82. The molecule has 1 atom stereocenters. The number of carboxylic acid groups (broad SMARTS) is 1. The maximum atomic E-state index is 12.7. The van der Waals surface area contributed by atoms with E-state index in [2.05, 4.69) is 0 Å². The summed E-state index contributed by atoms with van der Waals surface area (Å²) in [5.41, 5.74) is -3.13. The fourth-order valence-corrected chi connectivity index (χ4v) is 1.18. The molecule has 0 fully saturated rings. The number of benzene rings is 1. The SMILES string of the molecule is C[C@@](C(=O)O)(c1ccccc1)C(F)(F)F. The van der Waals surface area contributed by atoms with Gasteiger partial charge in [-0.1, -0.05) is 30.3 Å². The summed E-state index contributed by atoms with van der Waals surface area (Å²) >= 11 is 0. The van der Waals surface area contributed by atoms with Crippen LogP contribution in [-0.2, 0) is 10.2 Å². The molecule has 1 aromatic rings. The van der Waals surface area contributed by atoms with Gasteiger partial charge in [0, 0.05) is 0 Å². The van der Waals surface area contributed by atoms with Crippen molar-refractivity contribution in [3.8, 4) is 0 Å². The molecular weight excluding hydrogens is 209 g/mol. The van der Waals surface area contributed by atoms with Crippen molar-refractivity contribution in [2.24, 2.45) is 0 Å². The van der Waals surface area contributed by atoms with Crippen LogP contribution in [0.3, 0.4) is 0 Å². The normalized spacial score (nSPS) is 15.7. The van der Waals surface area contributed by atoms with E-state index in [0.717, 1.165) is 12.1 Å². The number of alkyl halides is 3. The van der Waals surface area contributed by atoms with Gasteiger partial charge in [0.05, 0.1) is 0 Å². The third-order valence-electron chi connectivity index (χ3n) is 2.35. The van der Waals surface area contributed by atoms with Crippen LogP contribution in [0.15, 0.2) is 30.3 Å². The van der Waals surface area contributed by atoms with Crippen molar-refractivity contribution in [1.29, 1.82) is 0 Å². The van der Waals surface area contributed by atoms with Crippen LogP contribution in [0.25, 0.3) is 0 Å². The zero-order valence-corrected chi connectivity index (χ0v) is 7.88. The molecule has 0 aromatic heterocycles. The van der Waals surface area contributed by atoms with Gasteiger partial charge in [0.15, 0.2) is 5.41 Å². The van der Waals surface area contributed by atoms with E-state index >= 15 is 0 Å². The molecule has 0 heterocycles. The molecule has 0 aliphatic carbocycles. The first-order chi connectivity index (χ1) is 6.80. The summed E-state index contributed by atoms with van der Waals surface area (Å²) in [6.45, 7) is 0.657. The Morgan fingerprint density at radius 3 is 2.00 bits per heavy atom. The first-order valence-corrected chi connectivity index (χ1v) is 4.16. The van der Waals surface area contributed by atoms with E-state index in [4.69, 9.17) is 5.11 Å². The van der Waals surface area contributed by atoms with Crippen LogP contribution in [0.1, 0.15) is 12.5 Å². The molecule has 82 valence electrons. The second kappa shape index (κ2) is 3.56. The zero-order chi connectivity index (χ0) is 11.7.